The second-order valence-corrected chi connectivity index (χ2v) is 7.80. The highest BCUT2D eigenvalue weighted by Gasteiger charge is 2.31. The largest absolute Gasteiger partial charge is 0.468 e. The first-order valence-corrected chi connectivity index (χ1v) is 10.5. The molecule has 0 rings (SSSR count). The van der Waals surface area contributed by atoms with Crippen LogP contribution in [0.3, 0.4) is 0 Å². The standard InChI is InChI=1S/C17H34O5S.H3N/c1-3-4-5-6-7-8-9-10-11-12-13-14-15-16(17(18)22-2)23(19,20)21;/h16H,3-15H2,1-2H3,(H,19,20,21);1H3. The third kappa shape index (κ3) is 13.7. The van der Waals surface area contributed by atoms with Crippen molar-refractivity contribution in [3.05, 3.63) is 0 Å². The molecule has 0 heterocycles. The summed E-state index contributed by atoms with van der Waals surface area (Å²) in [5.41, 5.74) is 0. The van der Waals surface area contributed by atoms with Crippen LogP contribution in [-0.4, -0.2) is 31.3 Å². The van der Waals surface area contributed by atoms with Crippen molar-refractivity contribution >= 4 is 16.1 Å². The van der Waals surface area contributed by atoms with Crippen molar-refractivity contribution in [2.75, 3.05) is 7.11 Å². The van der Waals surface area contributed by atoms with E-state index in [1.54, 1.807) is 0 Å². The first kappa shape index (κ1) is 25.6. The first-order chi connectivity index (χ1) is 10.9. The molecule has 24 heavy (non-hydrogen) atoms. The van der Waals surface area contributed by atoms with E-state index in [9.17, 15) is 13.2 Å². The van der Waals surface area contributed by atoms with Gasteiger partial charge < -0.3 is 10.9 Å². The Morgan fingerprint density at radius 3 is 1.58 bits per heavy atom. The fraction of sp³-hybridized carbons (Fsp3) is 0.941. The second kappa shape index (κ2) is 15.8. The average molecular weight is 368 g/mol. The van der Waals surface area contributed by atoms with Gasteiger partial charge in [-0.05, 0) is 6.42 Å². The van der Waals surface area contributed by atoms with Gasteiger partial charge in [-0.3, -0.25) is 9.35 Å². The van der Waals surface area contributed by atoms with E-state index >= 15 is 0 Å². The van der Waals surface area contributed by atoms with Crippen LogP contribution in [0.1, 0.15) is 90.4 Å². The van der Waals surface area contributed by atoms with E-state index in [1.807, 2.05) is 0 Å². The molecular formula is C17H37NO5S. The Labute approximate surface area is 148 Å². The quantitative estimate of drug-likeness (QED) is 0.247. The number of hydrogen-bond acceptors (Lipinski definition) is 5. The maximum absolute atomic E-state index is 11.3. The highest BCUT2D eigenvalue weighted by atomic mass is 32.2. The maximum atomic E-state index is 11.3. The molecule has 0 aromatic heterocycles. The molecule has 6 nitrogen and oxygen atoms in total. The number of hydrogen-bond donors (Lipinski definition) is 2. The van der Waals surface area contributed by atoms with Gasteiger partial charge in [0.05, 0.1) is 7.11 Å². The zero-order valence-electron chi connectivity index (χ0n) is 15.5. The SMILES string of the molecule is CCCCCCCCCCCCCCC(C(=O)OC)S(=O)(=O)O.N. The normalized spacial score (nSPS) is 12.5. The fourth-order valence-electron chi connectivity index (χ4n) is 2.69. The van der Waals surface area contributed by atoms with Gasteiger partial charge in [-0.1, -0.05) is 84.0 Å². The predicted molar refractivity (Wildman–Crippen MR) is 98.1 cm³/mol. The summed E-state index contributed by atoms with van der Waals surface area (Å²) in [4.78, 5) is 11.3. The number of methoxy groups -OCH3 is 1. The third-order valence-electron chi connectivity index (χ3n) is 4.14. The molecule has 146 valence electrons. The van der Waals surface area contributed by atoms with Crippen molar-refractivity contribution in [1.29, 1.82) is 0 Å². The number of ether oxygens (including phenoxy) is 1. The summed E-state index contributed by atoms with van der Waals surface area (Å²) in [6.07, 6.45) is 14.2. The van der Waals surface area contributed by atoms with Crippen molar-refractivity contribution < 1.29 is 22.5 Å². The maximum Gasteiger partial charge on any atom is 0.326 e. The minimum atomic E-state index is -4.37. The van der Waals surface area contributed by atoms with E-state index in [0.717, 1.165) is 26.4 Å². The summed E-state index contributed by atoms with van der Waals surface area (Å²) in [6.45, 7) is 2.23. The number of carbonyl (C=O) groups excluding carboxylic acids is 1. The van der Waals surface area contributed by atoms with Gasteiger partial charge in [0.2, 0.25) is 0 Å². The lowest BCUT2D eigenvalue weighted by atomic mass is 10.0. The Bertz CT molecular complexity index is 398. The lowest BCUT2D eigenvalue weighted by Crippen LogP contribution is -2.30. The molecule has 0 saturated carbocycles. The molecule has 1 unspecified atom stereocenters. The molecule has 0 fully saturated rings. The molecule has 0 aromatic rings. The van der Waals surface area contributed by atoms with Crippen molar-refractivity contribution in [3.8, 4) is 0 Å². The Morgan fingerprint density at radius 2 is 1.25 bits per heavy atom. The van der Waals surface area contributed by atoms with Crippen LogP contribution in [0.5, 0.6) is 0 Å². The summed E-state index contributed by atoms with van der Waals surface area (Å²) in [7, 11) is -3.24. The molecule has 0 amide bonds. The van der Waals surface area contributed by atoms with Crippen molar-refractivity contribution in [3.63, 3.8) is 0 Å². The third-order valence-corrected chi connectivity index (χ3v) is 5.29. The molecule has 0 radical (unpaired) electrons. The van der Waals surface area contributed by atoms with Crippen LogP contribution in [0.25, 0.3) is 0 Å². The van der Waals surface area contributed by atoms with Gasteiger partial charge >= 0.3 is 5.97 Å². The molecule has 7 heteroatoms. The van der Waals surface area contributed by atoms with E-state index in [-0.39, 0.29) is 12.6 Å². The second-order valence-electron chi connectivity index (χ2n) is 6.20. The first-order valence-electron chi connectivity index (χ1n) is 8.97. The van der Waals surface area contributed by atoms with E-state index < -0.39 is 21.3 Å². The van der Waals surface area contributed by atoms with E-state index in [0.29, 0.717) is 6.42 Å². The lowest BCUT2D eigenvalue weighted by Gasteiger charge is -2.11. The zero-order chi connectivity index (χ0) is 17.6. The van der Waals surface area contributed by atoms with Crippen LogP contribution in [0.4, 0.5) is 0 Å². The Morgan fingerprint density at radius 1 is 0.875 bits per heavy atom. The van der Waals surface area contributed by atoms with Gasteiger partial charge in [-0.2, -0.15) is 8.42 Å². The number of rotatable bonds is 15. The molecule has 1 atom stereocenters. The van der Waals surface area contributed by atoms with Crippen LogP contribution in [0.2, 0.25) is 0 Å². The molecule has 0 aliphatic rings. The summed E-state index contributed by atoms with van der Waals surface area (Å²) >= 11 is 0. The number of unbranched alkanes of at least 4 members (excludes halogenated alkanes) is 11. The molecule has 0 aromatic carbocycles. The number of carbonyl (C=O) groups is 1. The van der Waals surface area contributed by atoms with E-state index in [4.69, 9.17) is 4.55 Å². The minimum Gasteiger partial charge on any atom is -0.468 e. The van der Waals surface area contributed by atoms with Crippen molar-refractivity contribution in [2.45, 2.75) is 95.6 Å². The van der Waals surface area contributed by atoms with Crippen molar-refractivity contribution in [2.24, 2.45) is 0 Å². The highest BCUT2D eigenvalue weighted by Crippen LogP contribution is 2.15. The summed E-state index contributed by atoms with van der Waals surface area (Å²) in [6, 6.07) is 0. The zero-order valence-corrected chi connectivity index (χ0v) is 16.3. The lowest BCUT2D eigenvalue weighted by molar-refractivity contribution is -0.140. The minimum absolute atomic E-state index is 0. The van der Waals surface area contributed by atoms with Gasteiger partial charge in [0.1, 0.15) is 0 Å². The summed E-state index contributed by atoms with van der Waals surface area (Å²) in [5.74, 6) is -0.879. The van der Waals surface area contributed by atoms with Gasteiger partial charge in [0, 0.05) is 0 Å². The molecule has 0 saturated heterocycles. The van der Waals surface area contributed by atoms with Crippen molar-refractivity contribution in [1.82, 2.24) is 6.15 Å². The van der Waals surface area contributed by atoms with Gasteiger partial charge in [-0.15, -0.1) is 0 Å². The average Bonchev–Trinajstić information content (AvgIpc) is 2.50. The Hall–Kier alpha value is -0.660. The number of esters is 1. The van der Waals surface area contributed by atoms with Gasteiger partial charge in [-0.25, -0.2) is 0 Å². The smallest absolute Gasteiger partial charge is 0.326 e. The van der Waals surface area contributed by atoms with Gasteiger partial charge in [0.15, 0.2) is 5.25 Å². The van der Waals surface area contributed by atoms with Crippen LogP contribution in [0, 0.1) is 0 Å². The van der Waals surface area contributed by atoms with E-state index in [2.05, 4.69) is 11.7 Å². The van der Waals surface area contributed by atoms with Crippen LogP contribution < -0.4 is 6.15 Å². The topological polar surface area (TPSA) is 116 Å². The van der Waals surface area contributed by atoms with Crippen LogP contribution in [0.15, 0.2) is 0 Å². The van der Waals surface area contributed by atoms with E-state index in [1.165, 1.54) is 51.4 Å². The summed E-state index contributed by atoms with van der Waals surface area (Å²) in [5, 5.41) is -1.43. The van der Waals surface area contributed by atoms with Crippen LogP contribution in [-0.2, 0) is 19.6 Å². The Kier molecular flexibility index (Phi) is 16.9. The monoisotopic (exact) mass is 367 g/mol. The molecular weight excluding hydrogens is 330 g/mol. The summed E-state index contributed by atoms with van der Waals surface area (Å²) < 4.78 is 35.7. The molecule has 4 N–H and O–H groups in total. The molecule has 0 aliphatic heterocycles. The Balaban J connectivity index is 0. The molecule has 0 spiro atoms. The fourth-order valence-corrected chi connectivity index (χ4v) is 3.49. The van der Waals surface area contributed by atoms with Gasteiger partial charge in [0.25, 0.3) is 10.1 Å². The molecule has 0 aliphatic carbocycles. The predicted octanol–water partition coefficient (Wildman–Crippen LogP) is 4.67. The molecule has 0 bridgehead atoms. The van der Waals surface area contributed by atoms with Crippen LogP contribution >= 0.6 is 0 Å². The highest BCUT2D eigenvalue weighted by molar-refractivity contribution is 7.87.